The van der Waals surface area contributed by atoms with Gasteiger partial charge >= 0.3 is 0 Å². The van der Waals surface area contributed by atoms with Crippen LogP contribution in [0.4, 0.5) is 4.39 Å². The molecule has 2 aromatic carbocycles. The summed E-state index contributed by atoms with van der Waals surface area (Å²) in [6.07, 6.45) is 5.43. The summed E-state index contributed by atoms with van der Waals surface area (Å²) < 4.78 is 13.7. The monoisotopic (exact) mass is 445 g/mol. The molecule has 0 saturated carbocycles. The van der Waals surface area contributed by atoms with Crippen LogP contribution in [0.25, 0.3) is 11.1 Å². The number of nitrogens with zero attached hydrogens (tertiary/aromatic N) is 3. The lowest BCUT2D eigenvalue weighted by Gasteiger charge is -2.57. The van der Waals surface area contributed by atoms with Gasteiger partial charge in [-0.05, 0) is 66.4 Å². The van der Waals surface area contributed by atoms with Crippen molar-refractivity contribution in [2.45, 2.75) is 30.8 Å². The summed E-state index contributed by atoms with van der Waals surface area (Å²) in [6.45, 7) is 2.24. The van der Waals surface area contributed by atoms with E-state index in [4.69, 9.17) is 0 Å². The van der Waals surface area contributed by atoms with Crippen LogP contribution in [-0.2, 0) is 0 Å². The third-order valence-corrected chi connectivity index (χ3v) is 7.04. The van der Waals surface area contributed by atoms with Gasteiger partial charge in [-0.2, -0.15) is 0 Å². The minimum absolute atomic E-state index is 0.0472. The van der Waals surface area contributed by atoms with Crippen molar-refractivity contribution in [2.75, 3.05) is 26.2 Å². The fourth-order valence-electron chi connectivity index (χ4n) is 5.37. The van der Waals surface area contributed by atoms with E-state index < -0.39 is 5.82 Å². The molecule has 3 heterocycles. The van der Waals surface area contributed by atoms with Gasteiger partial charge in [-0.3, -0.25) is 14.7 Å². The number of amides is 1. The van der Waals surface area contributed by atoms with Crippen LogP contribution in [0.3, 0.4) is 0 Å². The molecule has 5 nitrogen and oxygen atoms in total. The SMILES string of the molecule is O=C(c1cccc(F)c1)N1CCCCN2[C@H](CO)[C@H](c3ccc(-c4ccncc4)cc3)[C@@H]2C1. The predicted molar refractivity (Wildman–Crippen MR) is 125 cm³/mol. The van der Waals surface area contributed by atoms with Crippen molar-refractivity contribution in [1.82, 2.24) is 14.8 Å². The average Bonchev–Trinajstić information content (AvgIpc) is 2.83. The molecule has 0 radical (unpaired) electrons. The molecule has 2 saturated heterocycles. The molecule has 2 fully saturated rings. The molecule has 170 valence electrons. The second-order valence-electron chi connectivity index (χ2n) is 8.91. The number of halogens is 1. The van der Waals surface area contributed by atoms with Gasteiger partial charge in [0.2, 0.25) is 0 Å². The first-order valence-electron chi connectivity index (χ1n) is 11.6. The van der Waals surface area contributed by atoms with Gasteiger partial charge in [-0.15, -0.1) is 0 Å². The van der Waals surface area contributed by atoms with Crippen molar-refractivity contribution < 1.29 is 14.3 Å². The van der Waals surface area contributed by atoms with E-state index in [1.165, 1.54) is 17.7 Å². The lowest BCUT2D eigenvalue weighted by atomic mass is 9.74. The highest BCUT2D eigenvalue weighted by atomic mass is 19.1. The molecule has 0 spiro atoms. The summed E-state index contributed by atoms with van der Waals surface area (Å²) in [5, 5.41) is 10.2. The van der Waals surface area contributed by atoms with Crippen LogP contribution in [-0.4, -0.2) is 64.1 Å². The topological polar surface area (TPSA) is 56.7 Å². The second-order valence-corrected chi connectivity index (χ2v) is 8.91. The number of fused-ring (bicyclic) bond motifs is 1. The lowest BCUT2D eigenvalue weighted by molar-refractivity contribution is -0.0606. The average molecular weight is 446 g/mol. The number of benzene rings is 2. The highest BCUT2D eigenvalue weighted by Gasteiger charge is 2.49. The third-order valence-electron chi connectivity index (χ3n) is 7.04. The third kappa shape index (κ3) is 4.28. The number of hydrogen-bond donors (Lipinski definition) is 1. The van der Waals surface area contributed by atoms with Crippen LogP contribution in [0, 0.1) is 5.82 Å². The van der Waals surface area contributed by atoms with E-state index in [0.717, 1.165) is 30.5 Å². The van der Waals surface area contributed by atoms with Crippen molar-refractivity contribution in [3.8, 4) is 11.1 Å². The Labute approximate surface area is 193 Å². The van der Waals surface area contributed by atoms with Gasteiger partial charge in [-0.1, -0.05) is 30.3 Å². The molecule has 33 heavy (non-hydrogen) atoms. The standard InChI is InChI=1S/C27H28FN3O2/c28-23-5-3-4-22(16-23)27(33)30-14-1-2-15-31-24(17-30)26(25(31)18-32)21-8-6-19(7-9-21)20-10-12-29-13-11-20/h3-13,16,24-26,32H,1-2,14-15,17-18H2/t24-,25+,26+/m0/s1. The number of carbonyl (C=O) groups is 1. The first kappa shape index (κ1) is 21.7. The van der Waals surface area contributed by atoms with Crippen LogP contribution in [0.5, 0.6) is 0 Å². The summed E-state index contributed by atoms with van der Waals surface area (Å²) in [5.74, 6) is -0.386. The molecule has 0 aliphatic carbocycles. The molecule has 5 rings (SSSR count). The Morgan fingerprint density at radius 2 is 1.73 bits per heavy atom. The Balaban J connectivity index is 1.39. The van der Waals surface area contributed by atoms with Crippen molar-refractivity contribution in [3.05, 3.63) is 90.0 Å². The molecule has 2 aliphatic rings. The van der Waals surface area contributed by atoms with Crippen LogP contribution < -0.4 is 0 Å². The van der Waals surface area contributed by atoms with E-state index in [0.29, 0.717) is 18.7 Å². The fraction of sp³-hybridized carbons (Fsp3) is 0.333. The van der Waals surface area contributed by atoms with Crippen LogP contribution >= 0.6 is 0 Å². The van der Waals surface area contributed by atoms with Crippen molar-refractivity contribution in [3.63, 3.8) is 0 Å². The van der Waals surface area contributed by atoms with Gasteiger partial charge < -0.3 is 10.0 Å². The van der Waals surface area contributed by atoms with Crippen LogP contribution in [0.1, 0.15) is 34.7 Å². The smallest absolute Gasteiger partial charge is 0.254 e. The van der Waals surface area contributed by atoms with Gasteiger partial charge in [0.15, 0.2) is 0 Å². The van der Waals surface area contributed by atoms with Crippen LogP contribution in [0.15, 0.2) is 73.1 Å². The minimum Gasteiger partial charge on any atom is -0.395 e. The van der Waals surface area contributed by atoms with Crippen molar-refractivity contribution in [2.24, 2.45) is 0 Å². The number of aliphatic hydroxyl groups excluding tert-OH is 1. The molecule has 1 amide bonds. The minimum atomic E-state index is -0.398. The number of rotatable bonds is 4. The largest absolute Gasteiger partial charge is 0.395 e. The molecule has 2 aliphatic heterocycles. The first-order valence-corrected chi connectivity index (χ1v) is 11.6. The van der Waals surface area contributed by atoms with E-state index in [9.17, 15) is 14.3 Å². The summed E-state index contributed by atoms with van der Waals surface area (Å²) in [4.78, 5) is 21.5. The number of hydrogen-bond acceptors (Lipinski definition) is 4. The van der Waals surface area contributed by atoms with Crippen molar-refractivity contribution in [1.29, 1.82) is 0 Å². The maximum absolute atomic E-state index is 13.7. The van der Waals surface area contributed by atoms with Crippen LogP contribution in [0.2, 0.25) is 0 Å². The second kappa shape index (κ2) is 9.41. The van der Waals surface area contributed by atoms with Crippen molar-refractivity contribution >= 4 is 5.91 Å². The van der Waals surface area contributed by atoms with Gasteiger partial charge in [0.25, 0.3) is 5.91 Å². The lowest BCUT2D eigenvalue weighted by Crippen LogP contribution is -2.67. The molecule has 1 aromatic heterocycles. The summed E-state index contributed by atoms with van der Waals surface area (Å²) in [7, 11) is 0. The maximum atomic E-state index is 13.7. The van der Waals surface area contributed by atoms with Gasteiger partial charge in [0.1, 0.15) is 5.82 Å². The quantitative estimate of drug-likeness (QED) is 0.661. The number of carbonyl (C=O) groups excluding carboxylic acids is 1. The molecule has 0 unspecified atom stereocenters. The molecular weight excluding hydrogens is 417 g/mol. The highest BCUT2D eigenvalue weighted by Crippen LogP contribution is 2.42. The molecule has 1 N–H and O–H groups in total. The number of aromatic nitrogens is 1. The fourth-order valence-corrected chi connectivity index (χ4v) is 5.37. The zero-order valence-corrected chi connectivity index (χ0v) is 18.5. The summed E-state index contributed by atoms with van der Waals surface area (Å²) in [5.41, 5.74) is 3.80. The number of pyridine rings is 1. The van der Waals surface area contributed by atoms with E-state index in [1.807, 2.05) is 17.0 Å². The summed E-state index contributed by atoms with van der Waals surface area (Å²) in [6, 6.07) is 18.6. The molecule has 3 atom stereocenters. The number of aliphatic hydroxyl groups is 1. The Morgan fingerprint density at radius 1 is 1.00 bits per heavy atom. The van der Waals surface area contributed by atoms with E-state index in [2.05, 4.69) is 34.1 Å². The predicted octanol–water partition coefficient (Wildman–Crippen LogP) is 3.95. The molecule has 0 bridgehead atoms. The molecular formula is C27H28FN3O2. The Kier molecular flexibility index (Phi) is 6.20. The normalized spacial score (nSPS) is 23.2. The zero-order chi connectivity index (χ0) is 22.8. The highest BCUT2D eigenvalue weighted by molar-refractivity contribution is 5.94. The van der Waals surface area contributed by atoms with E-state index in [-0.39, 0.29) is 30.5 Å². The first-order chi connectivity index (χ1) is 16.2. The molecule has 3 aromatic rings. The van der Waals surface area contributed by atoms with Gasteiger partial charge in [0, 0.05) is 49.0 Å². The van der Waals surface area contributed by atoms with Gasteiger partial charge in [-0.25, -0.2) is 4.39 Å². The Bertz CT molecular complexity index is 1110. The maximum Gasteiger partial charge on any atom is 0.254 e. The Morgan fingerprint density at radius 3 is 2.45 bits per heavy atom. The summed E-state index contributed by atoms with van der Waals surface area (Å²) >= 11 is 0. The van der Waals surface area contributed by atoms with Gasteiger partial charge in [0.05, 0.1) is 6.61 Å². The van der Waals surface area contributed by atoms with E-state index in [1.54, 1.807) is 24.5 Å². The molecule has 6 heteroatoms. The zero-order valence-electron chi connectivity index (χ0n) is 18.5. The Hall–Kier alpha value is -3.09. The van der Waals surface area contributed by atoms with E-state index >= 15 is 0 Å².